The molecule has 1 aliphatic rings. The number of hydrogen-bond donors (Lipinski definition) is 3. The lowest BCUT2D eigenvalue weighted by Crippen LogP contribution is -2.62. The lowest BCUT2D eigenvalue weighted by Gasteiger charge is -2.39. The van der Waals surface area contributed by atoms with E-state index in [1.54, 1.807) is 0 Å². The summed E-state index contributed by atoms with van der Waals surface area (Å²) in [5, 5.41) is 1.92. The van der Waals surface area contributed by atoms with E-state index in [1.807, 2.05) is 5.32 Å². The molecule has 1 fully saturated rings. The summed E-state index contributed by atoms with van der Waals surface area (Å²) in [5.74, 6) is -5.85. The standard InChI is InChI=1S/C9H13N3O4/c1-9(2)3(5(10)13)7(15)12-8(16)4(9)6(11)14/h3-4H,1-2H3,(H2,10,13)(H2,11,14)(H,12,15,16)/t3-,4-/m1/s1. The fourth-order valence-corrected chi connectivity index (χ4v) is 2.10. The highest BCUT2D eigenvalue weighted by Gasteiger charge is 2.54. The molecule has 0 spiro atoms. The third-order valence-electron chi connectivity index (χ3n) is 2.83. The van der Waals surface area contributed by atoms with Crippen molar-refractivity contribution in [1.82, 2.24) is 5.32 Å². The van der Waals surface area contributed by atoms with Crippen LogP contribution in [0.5, 0.6) is 0 Å². The Labute approximate surface area is 91.5 Å². The highest BCUT2D eigenvalue weighted by Crippen LogP contribution is 2.38. The average molecular weight is 227 g/mol. The van der Waals surface area contributed by atoms with Crippen LogP contribution in [0.25, 0.3) is 0 Å². The lowest BCUT2D eigenvalue weighted by atomic mass is 9.65. The van der Waals surface area contributed by atoms with E-state index in [-0.39, 0.29) is 0 Å². The van der Waals surface area contributed by atoms with Crippen LogP contribution in [-0.4, -0.2) is 23.6 Å². The second kappa shape index (κ2) is 3.58. The topological polar surface area (TPSA) is 132 Å². The summed E-state index contributed by atoms with van der Waals surface area (Å²) in [5.41, 5.74) is 8.94. The number of rotatable bonds is 2. The molecule has 0 bridgehead atoms. The van der Waals surface area contributed by atoms with Gasteiger partial charge in [-0.25, -0.2) is 0 Å². The van der Waals surface area contributed by atoms with Crippen molar-refractivity contribution < 1.29 is 19.2 Å². The zero-order valence-electron chi connectivity index (χ0n) is 8.94. The second-order valence-electron chi connectivity index (χ2n) is 4.35. The Morgan fingerprint density at radius 1 is 1.06 bits per heavy atom. The maximum absolute atomic E-state index is 11.4. The van der Waals surface area contributed by atoms with Gasteiger partial charge in [0.25, 0.3) is 0 Å². The Hall–Kier alpha value is -1.92. The largest absolute Gasteiger partial charge is 0.369 e. The molecule has 7 heteroatoms. The third-order valence-corrected chi connectivity index (χ3v) is 2.83. The summed E-state index contributed by atoms with van der Waals surface area (Å²) >= 11 is 0. The van der Waals surface area contributed by atoms with Gasteiger partial charge in [0, 0.05) is 5.41 Å². The molecular formula is C9H13N3O4. The fourth-order valence-electron chi connectivity index (χ4n) is 2.10. The van der Waals surface area contributed by atoms with E-state index in [4.69, 9.17) is 11.5 Å². The highest BCUT2D eigenvalue weighted by atomic mass is 16.2. The van der Waals surface area contributed by atoms with Crippen molar-refractivity contribution in [3.8, 4) is 0 Å². The smallest absolute Gasteiger partial charge is 0.239 e. The van der Waals surface area contributed by atoms with E-state index in [0.29, 0.717) is 0 Å². The molecule has 1 rings (SSSR count). The minimum absolute atomic E-state index is 0.792. The van der Waals surface area contributed by atoms with Crippen molar-refractivity contribution in [2.75, 3.05) is 0 Å². The van der Waals surface area contributed by atoms with E-state index in [1.165, 1.54) is 13.8 Å². The van der Waals surface area contributed by atoms with Gasteiger partial charge in [-0.2, -0.15) is 0 Å². The molecule has 0 aromatic carbocycles. The molecule has 1 saturated heterocycles. The maximum atomic E-state index is 11.4. The minimum Gasteiger partial charge on any atom is -0.369 e. The van der Waals surface area contributed by atoms with Crippen LogP contribution in [0.1, 0.15) is 13.8 Å². The van der Waals surface area contributed by atoms with Crippen LogP contribution < -0.4 is 16.8 Å². The molecule has 88 valence electrons. The van der Waals surface area contributed by atoms with Gasteiger partial charge < -0.3 is 11.5 Å². The minimum atomic E-state index is -1.25. The molecule has 7 nitrogen and oxygen atoms in total. The zero-order valence-corrected chi connectivity index (χ0v) is 8.94. The first-order valence-electron chi connectivity index (χ1n) is 4.63. The predicted octanol–water partition coefficient (Wildman–Crippen LogP) is -2.13. The van der Waals surface area contributed by atoms with E-state index >= 15 is 0 Å². The van der Waals surface area contributed by atoms with E-state index < -0.39 is 40.9 Å². The van der Waals surface area contributed by atoms with Crippen LogP contribution in [0.15, 0.2) is 0 Å². The number of primary amides is 2. The first-order chi connectivity index (χ1) is 7.19. The number of hydrogen-bond acceptors (Lipinski definition) is 4. The number of nitrogens with one attached hydrogen (secondary N) is 1. The van der Waals surface area contributed by atoms with Gasteiger partial charge in [0.1, 0.15) is 11.8 Å². The summed E-state index contributed by atoms with van der Waals surface area (Å²) in [7, 11) is 0. The van der Waals surface area contributed by atoms with Crippen molar-refractivity contribution in [3.05, 3.63) is 0 Å². The third kappa shape index (κ3) is 1.64. The van der Waals surface area contributed by atoms with Gasteiger partial charge in [-0.05, 0) is 0 Å². The number of carbonyl (C=O) groups is 4. The quantitative estimate of drug-likeness (QED) is 0.367. The molecule has 0 radical (unpaired) electrons. The molecule has 1 heterocycles. The Balaban J connectivity index is 3.25. The molecule has 5 N–H and O–H groups in total. The van der Waals surface area contributed by atoms with Gasteiger partial charge in [0.2, 0.25) is 23.6 Å². The van der Waals surface area contributed by atoms with Crippen molar-refractivity contribution in [1.29, 1.82) is 0 Å². The Bertz CT molecular complexity index is 354. The van der Waals surface area contributed by atoms with Crippen molar-refractivity contribution in [3.63, 3.8) is 0 Å². The van der Waals surface area contributed by atoms with Gasteiger partial charge in [-0.1, -0.05) is 13.8 Å². The van der Waals surface area contributed by atoms with Crippen LogP contribution in [0.2, 0.25) is 0 Å². The van der Waals surface area contributed by atoms with Crippen LogP contribution >= 0.6 is 0 Å². The Morgan fingerprint density at radius 3 is 1.62 bits per heavy atom. The summed E-state index contributed by atoms with van der Waals surface area (Å²) < 4.78 is 0. The summed E-state index contributed by atoms with van der Waals surface area (Å²) in [4.78, 5) is 45.2. The van der Waals surface area contributed by atoms with Crippen LogP contribution in [0.4, 0.5) is 0 Å². The van der Waals surface area contributed by atoms with Crippen LogP contribution in [-0.2, 0) is 19.2 Å². The van der Waals surface area contributed by atoms with Gasteiger partial charge >= 0.3 is 0 Å². The van der Waals surface area contributed by atoms with Gasteiger partial charge in [-0.3, -0.25) is 24.5 Å². The van der Waals surface area contributed by atoms with Gasteiger partial charge in [0.15, 0.2) is 0 Å². The molecular weight excluding hydrogens is 214 g/mol. The SMILES string of the molecule is CC1(C)[C@H](C(N)=O)C(=O)NC(=O)[C@H]1C(N)=O. The maximum Gasteiger partial charge on any atom is 0.239 e. The van der Waals surface area contributed by atoms with E-state index in [0.717, 1.165) is 0 Å². The van der Waals surface area contributed by atoms with Gasteiger partial charge in [0.05, 0.1) is 0 Å². The van der Waals surface area contributed by atoms with Gasteiger partial charge in [-0.15, -0.1) is 0 Å². The molecule has 4 amide bonds. The van der Waals surface area contributed by atoms with E-state index in [9.17, 15) is 19.2 Å². The molecule has 0 unspecified atom stereocenters. The van der Waals surface area contributed by atoms with Crippen molar-refractivity contribution in [2.45, 2.75) is 13.8 Å². The van der Waals surface area contributed by atoms with Crippen molar-refractivity contribution >= 4 is 23.6 Å². The molecule has 0 aliphatic carbocycles. The Morgan fingerprint density at radius 2 is 1.38 bits per heavy atom. The molecule has 0 aromatic heterocycles. The average Bonchev–Trinajstić information content (AvgIpc) is 1.97. The van der Waals surface area contributed by atoms with Crippen molar-refractivity contribution in [2.24, 2.45) is 28.7 Å². The van der Waals surface area contributed by atoms with E-state index in [2.05, 4.69) is 0 Å². The molecule has 0 saturated carbocycles. The highest BCUT2D eigenvalue weighted by molar-refractivity contribution is 6.15. The molecule has 1 aliphatic heterocycles. The predicted molar refractivity (Wildman–Crippen MR) is 52.3 cm³/mol. The fraction of sp³-hybridized carbons (Fsp3) is 0.556. The second-order valence-corrected chi connectivity index (χ2v) is 4.35. The molecule has 0 aromatic rings. The normalized spacial score (nSPS) is 28.4. The number of nitrogens with two attached hydrogens (primary N) is 2. The number of imide groups is 1. The molecule has 2 atom stereocenters. The Kier molecular flexibility index (Phi) is 2.72. The lowest BCUT2D eigenvalue weighted by molar-refractivity contribution is -0.155. The monoisotopic (exact) mass is 227 g/mol. The summed E-state index contributed by atoms with van der Waals surface area (Å²) in [6, 6.07) is 0. The molecule has 16 heavy (non-hydrogen) atoms. The zero-order chi connectivity index (χ0) is 12.7. The summed E-state index contributed by atoms with van der Waals surface area (Å²) in [6.07, 6.45) is 0. The number of carbonyl (C=O) groups excluding carboxylic acids is 4. The van der Waals surface area contributed by atoms with Crippen LogP contribution in [0, 0.1) is 17.3 Å². The number of piperidine rings is 1. The first kappa shape index (κ1) is 12.2. The summed E-state index contributed by atoms with van der Waals surface area (Å²) in [6.45, 7) is 2.88. The van der Waals surface area contributed by atoms with Crippen LogP contribution in [0.3, 0.4) is 0 Å². The number of amides is 4. The first-order valence-corrected chi connectivity index (χ1v) is 4.63.